The highest BCUT2D eigenvalue weighted by molar-refractivity contribution is 7.15. The van der Waals surface area contributed by atoms with Crippen LogP contribution in [0.3, 0.4) is 0 Å². The molecular weight excluding hydrogens is 445 g/mol. The molecule has 2 amide bonds. The molecule has 2 aromatic heterocycles. The third-order valence-corrected chi connectivity index (χ3v) is 8.22. The van der Waals surface area contributed by atoms with Crippen LogP contribution in [0, 0.1) is 5.82 Å². The van der Waals surface area contributed by atoms with Crippen molar-refractivity contribution in [2.45, 2.75) is 44.8 Å². The van der Waals surface area contributed by atoms with Crippen LogP contribution < -0.4 is 5.32 Å². The zero-order chi connectivity index (χ0) is 23.1. The van der Waals surface area contributed by atoms with Crippen molar-refractivity contribution in [3.8, 4) is 5.00 Å². The van der Waals surface area contributed by atoms with Crippen molar-refractivity contribution in [3.63, 3.8) is 0 Å². The maximum Gasteiger partial charge on any atom is 0.318 e. The normalized spacial score (nSPS) is 16.9. The Morgan fingerprint density at radius 2 is 1.85 bits per heavy atom. The van der Waals surface area contributed by atoms with Crippen LogP contribution in [-0.4, -0.2) is 15.5 Å². The molecule has 172 valence electrons. The standard InChI is InChI=1S/C28H26FN3OS/c29-21-11-6-10-20(16-21)26-24-13-7-15-31(24)27-23(22-12-4-5-14-25(22)34-27)18-32(26)28(33)30-17-19-8-2-1-3-9-19/h1-3,6-11,13,15-16,26H,4-5,12,14,17-18H2,(H,30,33). The van der Waals surface area contributed by atoms with Crippen LogP contribution in [-0.2, 0) is 25.9 Å². The molecule has 0 saturated heterocycles. The van der Waals surface area contributed by atoms with Crippen LogP contribution >= 0.6 is 11.3 Å². The fourth-order valence-corrected chi connectivity index (χ4v) is 6.69. The van der Waals surface area contributed by atoms with Gasteiger partial charge in [0, 0.05) is 23.2 Å². The number of fused-ring (bicyclic) bond motifs is 5. The van der Waals surface area contributed by atoms with Gasteiger partial charge in [-0.3, -0.25) is 0 Å². The first-order valence-corrected chi connectivity index (χ1v) is 12.7. The lowest BCUT2D eigenvalue weighted by molar-refractivity contribution is 0.180. The number of hydrogen-bond donors (Lipinski definition) is 1. The number of carbonyl (C=O) groups excluding carboxylic acids is 1. The Morgan fingerprint density at radius 1 is 1.00 bits per heavy atom. The summed E-state index contributed by atoms with van der Waals surface area (Å²) in [5.41, 5.74) is 5.46. The van der Waals surface area contributed by atoms with Gasteiger partial charge in [-0.05, 0) is 66.6 Å². The van der Waals surface area contributed by atoms with Gasteiger partial charge in [0.05, 0.1) is 18.3 Å². The van der Waals surface area contributed by atoms with E-state index in [1.165, 1.54) is 39.9 Å². The smallest absolute Gasteiger partial charge is 0.318 e. The molecule has 1 aliphatic heterocycles. The molecule has 1 aliphatic carbocycles. The zero-order valence-electron chi connectivity index (χ0n) is 18.8. The number of benzene rings is 2. The summed E-state index contributed by atoms with van der Waals surface area (Å²) in [6, 6.07) is 20.1. The number of aryl methyl sites for hydroxylation is 1. The van der Waals surface area contributed by atoms with Crippen LogP contribution in [0.15, 0.2) is 72.9 Å². The second-order valence-corrected chi connectivity index (χ2v) is 10.1. The molecule has 3 heterocycles. The summed E-state index contributed by atoms with van der Waals surface area (Å²) in [6.45, 7) is 0.951. The summed E-state index contributed by atoms with van der Waals surface area (Å²) in [5, 5.41) is 4.32. The van der Waals surface area contributed by atoms with E-state index in [1.807, 2.05) is 58.7 Å². The number of halogens is 1. The average molecular weight is 472 g/mol. The quantitative estimate of drug-likeness (QED) is 0.370. The van der Waals surface area contributed by atoms with E-state index in [1.54, 1.807) is 12.1 Å². The van der Waals surface area contributed by atoms with Gasteiger partial charge in [-0.25, -0.2) is 9.18 Å². The first-order valence-electron chi connectivity index (χ1n) is 11.8. The van der Waals surface area contributed by atoms with E-state index in [2.05, 4.69) is 22.1 Å². The Hall–Kier alpha value is -3.38. The fraction of sp³-hybridized carbons (Fsp3) is 0.250. The number of aromatic nitrogens is 1. The van der Waals surface area contributed by atoms with Crippen LogP contribution in [0.4, 0.5) is 9.18 Å². The Balaban J connectivity index is 1.45. The maximum absolute atomic E-state index is 14.3. The van der Waals surface area contributed by atoms with Crippen LogP contribution in [0.25, 0.3) is 5.00 Å². The molecule has 0 saturated carbocycles. The van der Waals surface area contributed by atoms with E-state index in [0.29, 0.717) is 13.1 Å². The number of thiophene rings is 1. The monoisotopic (exact) mass is 471 g/mol. The summed E-state index contributed by atoms with van der Waals surface area (Å²) < 4.78 is 16.5. The van der Waals surface area contributed by atoms with Gasteiger partial charge < -0.3 is 14.8 Å². The van der Waals surface area contributed by atoms with Crippen molar-refractivity contribution < 1.29 is 9.18 Å². The molecule has 2 aliphatic rings. The van der Waals surface area contributed by atoms with Gasteiger partial charge in [0.15, 0.2) is 0 Å². The largest absolute Gasteiger partial charge is 0.334 e. The Labute approximate surface area is 202 Å². The number of nitrogens with one attached hydrogen (secondary N) is 1. The molecule has 0 spiro atoms. The number of carbonyl (C=O) groups is 1. The van der Waals surface area contributed by atoms with Crippen LogP contribution in [0.5, 0.6) is 0 Å². The molecule has 0 radical (unpaired) electrons. The van der Waals surface area contributed by atoms with E-state index >= 15 is 0 Å². The number of urea groups is 1. The molecule has 2 aromatic carbocycles. The molecule has 4 nitrogen and oxygen atoms in total. The van der Waals surface area contributed by atoms with E-state index in [4.69, 9.17) is 0 Å². The predicted octanol–water partition coefficient (Wildman–Crippen LogP) is 6.37. The van der Waals surface area contributed by atoms with Crippen molar-refractivity contribution >= 4 is 17.4 Å². The summed E-state index contributed by atoms with van der Waals surface area (Å²) in [5.74, 6) is -0.295. The van der Waals surface area contributed by atoms with Gasteiger partial charge in [0.2, 0.25) is 0 Å². The highest BCUT2D eigenvalue weighted by atomic mass is 32.1. The minimum Gasteiger partial charge on any atom is -0.334 e. The van der Waals surface area contributed by atoms with Gasteiger partial charge in [0.1, 0.15) is 10.8 Å². The third kappa shape index (κ3) is 3.72. The Bertz CT molecular complexity index is 1340. The molecule has 0 bridgehead atoms. The van der Waals surface area contributed by atoms with E-state index in [-0.39, 0.29) is 17.9 Å². The number of hydrogen-bond acceptors (Lipinski definition) is 2. The molecule has 0 fully saturated rings. The molecule has 4 aromatic rings. The predicted molar refractivity (Wildman–Crippen MR) is 133 cm³/mol. The van der Waals surface area contributed by atoms with Gasteiger partial charge in [-0.2, -0.15) is 0 Å². The van der Waals surface area contributed by atoms with Gasteiger partial charge >= 0.3 is 6.03 Å². The van der Waals surface area contributed by atoms with Crippen LogP contribution in [0.1, 0.15) is 51.7 Å². The number of nitrogens with zero attached hydrogens (tertiary/aromatic N) is 2. The van der Waals surface area contributed by atoms with E-state index in [0.717, 1.165) is 29.7 Å². The Morgan fingerprint density at radius 3 is 2.71 bits per heavy atom. The third-order valence-electron chi connectivity index (χ3n) is 6.89. The number of rotatable bonds is 3. The molecular formula is C28H26FN3OS. The van der Waals surface area contributed by atoms with Crippen LogP contribution in [0.2, 0.25) is 0 Å². The summed E-state index contributed by atoms with van der Waals surface area (Å²) in [6.07, 6.45) is 6.65. The molecule has 6 heteroatoms. The highest BCUT2D eigenvalue weighted by Crippen LogP contribution is 2.44. The minimum atomic E-state index is -0.389. The summed E-state index contributed by atoms with van der Waals surface area (Å²) >= 11 is 1.85. The van der Waals surface area contributed by atoms with E-state index in [9.17, 15) is 9.18 Å². The molecule has 34 heavy (non-hydrogen) atoms. The van der Waals surface area contributed by atoms with E-state index < -0.39 is 0 Å². The maximum atomic E-state index is 14.3. The van der Waals surface area contributed by atoms with Crippen molar-refractivity contribution in [3.05, 3.63) is 112 Å². The molecule has 6 rings (SSSR count). The lowest BCUT2D eigenvalue weighted by atomic mass is 9.95. The van der Waals surface area contributed by atoms with Crippen molar-refractivity contribution in [1.82, 2.24) is 14.8 Å². The second-order valence-electron chi connectivity index (χ2n) is 9.03. The highest BCUT2D eigenvalue weighted by Gasteiger charge is 2.36. The number of amides is 2. The van der Waals surface area contributed by atoms with Crippen molar-refractivity contribution in [2.75, 3.05) is 0 Å². The SMILES string of the molecule is O=C(NCc1ccccc1)N1Cc2c(sc3c2CCCC3)-n2cccc2C1c1cccc(F)c1. The zero-order valence-corrected chi connectivity index (χ0v) is 19.7. The van der Waals surface area contributed by atoms with Crippen molar-refractivity contribution in [1.29, 1.82) is 0 Å². The van der Waals surface area contributed by atoms with Gasteiger partial charge in [-0.15, -0.1) is 11.3 Å². The lowest BCUT2D eigenvalue weighted by Gasteiger charge is -2.31. The Kier molecular flexibility index (Phi) is 5.46. The molecule has 1 N–H and O–H groups in total. The molecule has 1 unspecified atom stereocenters. The molecule has 1 atom stereocenters. The summed E-state index contributed by atoms with van der Waals surface area (Å²) in [7, 11) is 0. The average Bonchev–Trinajstić information content (AvgIpc) is 3.45. The lowest BCUT2D eigenvalue weighted by Crippen LogP contribution is -2.41. The fourth-order valence-electron chi connectivity index (χ4n) is 5.29. The van der Waals surface area contributed by atoms with Crippen molar-refractivity contribution in [2.24, 2.45) is 0 Å². The topological polar surface area (TPSA) is 37.3 Å². The second kappa shape index (κ2) is 8.76. The first kappa shape index (κ1) is 21.2. The summed E-state index contributed by atoms with van der Waals surface area (Å²) in [4.78, 5) is 17.1. The van der Waals surface area contributed by atoms with Gasteiger partial charge in [-0.1, -0.05) is 42.5 Å². The minimum absolute atomic E-state index is 0.144. The van der Waals surface area contributed by atoms with Gasteiger partial charge in [0.25, 0.3) is 0 Å². The first-order chi connectivity index (χ1) is 16.7.